The third-order valence-corrected chi connectivity index (χ3v) is 5.56. The van der Waals surface area contributed by atoms with E-state index in [-0.39, 0.29) is 17.6 Å². The van der Waals surface area contributed by atoms with Crippen LogP contribution in [-0.2, 0) is 0 Å². The Hall–Kier alpha value is -2.80. The molecule has 3 heterocycles. The highest BCUT2D eigenvalue weighted by Crippen LogP contribution is 2.25. The van der Waals surface area contributed by atoms with Crippen LogP contribution < -0.4 is 0 Å². The van der Waals surface area contributed by atoms with Gasteiger partial charge in [0.15, 0.2) is 5.78 Å². The highest BCUT2D eigenvalue weighted by atomic mass is 32.1. The van der Waals surface area contributed by atoms with Crippen molar-refractivity contribution < 1.29 is 9.59 Å². The molecule has 6 nitrogen and oxygen atoms in total. The van der Waals surface area contributed by atoms with Crippen molar-refractivity contribution in [2.75, 3.05) is 13.1 Å². The standard InChI is InChI=1S/C19H18N4O2S/c24-18(17-8-4-10-26-17)14-5-3-9-22(11-14)19(25)15-6-1-2-7-16(15)23-12-20-21-13-23/h1-2,4,6-8,10,12-14H,3,5,9,11H2. The van der Waals surface area contributed by atoms with Gasteiger partial charge in [-0.3, -0.25) is 14.2 Å². The van der Waals surface area contributed by atoms with E-state index in [4.69, 9.17) is 0 Å². The number of Topliss-reactive ketones (excluding diaryl/α,β-unsaturated/α-hetero) is 1. The molecule has 0 aliphatic carbocycles. The predicted octanol–water partition coefficient (Wildman–Crippen LogP) is 3.06. The molecule has 3 aromatic rings. The molecule has 0 spiro atoms. The second kappa shape index (κ2) is 7.21. The van der Waals surface area contributed by atoms with Crippen molar-refractivity contribution in [2.45, 2.75) is 12.8 Å². The Morgan fingerprint density at radius 3 is 2.65 bits per heavy atom. The van der Waals surface area contributed by atoms with E-state index >= 15 is 0 Å². The van der Waals surface area contributed by atoms with Gasteiger partial charge in [0.1, 0.15) is 12.7 Å². The first-order valence-electron chi connectivity index (χ1n) is 8.55. The zero-order chi connectivity index (χ0) is 17.9. The summed E-state index contributed by atoms with van der Waals surface area (Å²) >= 11 is 1.46. The highest BCUT2D eigenvalue weighted by Gasteiger charge is 2.30. The summed E-state index contributed by atoms with van der Waals surface area (Å²) in [5, 5.41) is 9.55. The monoisotopic (exact) mass is 366 g/mol. The van der Waals surface area contributed by atoms with Crippen LogP contribution in [0.1, 0.15) is 32.9 Å². The summed E-state index contributed by atoms with van der Waals surface area (Å²) in [5.74, 6) is -0.0454. The fourth-order valence-electron chi connectivity index (χ4n) is 3.37. The minimum Gasteiger partial charge on any atom is -0.338 e. The Labute approximate surface area is 155 Å². The van der Waals surface area contributed by atoms with Gasteiger partial charge in [-0.15, -0.1) is 21.5 Å². The average Bonchev–Trinajstić information content (AvgIpc) is 3.41. The molecular formula is C19H18N4O2S. The molecule has 0 saturated carbocycles. The van der Waals surface area contributed by atoms with Crippen LogP contribution in [0.4, 0.5) is 0 Å². The molecule has 1 atom stereocenters. The number of para-hydroxylation sites is 1. The molecule has 1 unspecified atom stereocenters. The molecule has 1 saturated heterocycles. The van der Waals surface area contributed by atoms with Crippen molar-refractivity contribution in [3.63, 3.8) is 0 Å². The summed E-state index contributed by atoms with van der Waals surface area (Å²) in [6.07, 6.45) is 4.81. The predicted molar refractivity (Wildman–Crippen MR) is 98.6 cm³/mol. The Kier molecular flexibility index (Phi) is 4.62. The Morgan fingerprint density at radius 2 is 1.88 bits per heavy atom. The number of hydrogen-bond acceptors (Lipinski definition) is 5. The summed E-state index contributed by atoms with van der Waals surface area (Å²) in [5.41, 5.74) is 1.34. The maximum Gasteiger partial charge on any atom is 0.256 e. The molecule has 132 valence electrons. The number of aromatic nitrogens is 3. The zero-order valence-corrected chi connectivity index (χ0v) is 14.9. The van der Waals surface area contributed by atoms with Crippen molar-refractivity contribution in [3.8, 4) is 5.69 Å². The highest BCUT2D eigenvalue weighted by molar-refractivity contribution is 7.12. The van der Waals surface area contributed by atoms with Crippen molar-refractivity contribution in [1.29, 1.82) is 0 Å². The second-order valence-corrected chi connectivity index (χ2v) is 7.27. The van der Waals surface area contributed by atoms with E-state index in [0.717, 1.165) is 23.4 Å². The maximum absolute atomic E-state index is 13.1. The molecule has 1 aliphatic heterocycles. The number of hydrogen-bond donors (Lipinski definition) is 0. The van der Waals surface area contributed by atoms with Gasteiger partial charge in [0.2, 0.25) is 0 Å². The fourth-order valence-corrected chi connectivity index (χ4v) is 4.11. The van der Waals surface area contributed by atoms with Crippen LogP contribution in [0.2, 0.25) is 0 Å². The number of carbonyl (C=O) groups is 2. The van der Waals surface area contributed by atoms with Gasteiger partial charge in [-0.2, -0.15) is 0 Å². The van der Waals surface area contributed by atoms with Crippen molar-refractivity contribution >= 4 is 23.0 Å². The summed E-state index contributed by atoms with van der Waals surface area (Å²) in [7, 11) is 0. The van der Waals surface area contributed by atoms with Gasteiger partial charge in [0, 0.05) is 19.0 Å². The number of nitrogens with zero attached hydrogens (tertiary/aromatic N) is 4. The molecule has 1 aromatic carbocycles. The molecule has 0 bridgehead atoms. The Morgan fingerprint density at radius 1 is 1.08 bits per heavy atom. The maximum atomic E-state index is 13.1. The Balaban J connectivity index is 1.56. The van der Waals surface area contributed by atoms with Crippen LogP contribution in [-0.4, -0.2) is 44.4 Å². The summed E-state index contributed by atoms with van der Waals surface area (Å²) in [6.45, 7) is 1.13. The molecule has 0 radical (unpaired) electrons. The van der Waals surface area contributed by atoms with E-state index in [1.807, 2.05) is 41.8 Å². The molecule has 0 N–H and O–H groups in total. The van der Waals surface area contributed by atoms with Gasteiger partial charge < -0.3 is 4.90 Å². The molecule has 26 heavy (non-hydrogen) atoms. The second-order valence-electron chi connectivity index (χ2n) is 6.32. The van der Waals surface area contributed by atoms with Crippen LogP contribution >= 0.6 is 11.3 Å². The van der Waals surface area contributed by atoms with E-state index < -0.39 is 0 Å². The number of benzene rings is 1. The number of thiophene rings is 1. The number of amides is 1. The molecule has 1 amide bonds. The van der Waals surface area contributed by atoms with E-state index in [0.29, 0.717) is 18.7 Å². The lowest BCUT2D eigenvalue weighted by molar-refractivity contribution is 0.0638. The van der Waals surface area contributed by atoms with Crippen LogP contribution in [0, 0.1) is 5.92 Å². The van der Waals surface area contributed by atoms with Gasteiger partial charge in [-0.1, -0.05) is 18.2 Å². The summed E-state index contributed by atoms with van der Waals surface area (Å²) in [6, 6.07) is 11.1. The van der Waals surface area contributed by atoms with Gasteiger partial charge in [0.25, 0.3) is 5.91 Å². The molecular weight excluding hydrogens is 348 g/mol. The van der Waals surface area contributed by atoms with Gasteiger partial charge >= 0.3 is 0 Å². The first-order chi connectivity index (χ1) is 12.7. The molecule has 1 fully saturated rings. The first kappa shape index (κ1) is 16.7. The largest absolute Gasteiger partial charge is 0.338 e. The molecule has 7 heteroatoms. The average molecular weight is 366 g/mol. The number of likely N-dealkylation sites (tertiary alicyclic amines) is 1. The smallest absolute Gasteiger partial charge is 0.256 e. The van der Waals surface area contributed by atoms with Crippen molar-refractivity contribution in [3.05, 3.63) is 64.9 Å². The van der Waals surface area contributed by atoms with E-state index in [1.165, 1.54) is 11.3 Å². The van der Waals surface area contributed by atoms with Gasteiger partial charge in [-0.05, 0) is 36.4 Å². The lowest BCUT2D eigenvalue weighted by Gasteiger charge is -2.32. The van der Waals surface area contributed by atoms with Crippen LogP contribution in [0.3, 0.4) is 0 Å². The third kappa shape index (κ3) is 3.17. The summed E-state index contributed by atoms with van der Waals surface area (Å²) < 4.78 is 1.73. The lowest BCUT2D eigenvalue weighted by Crippen LogP contribution is -2.42. The van der Waals surface area contributed by atoms with Crippen molar-refractivity contribution in [1.82, 2.24) is 19.7 Å². The minimum atomic E-state index is -0.131. The van der Waals surface area contributed by atoms with Crippen LogP contribution in [0.5, 0.6) is 0 Å². The van der Waals surface area contributed by atoms with Crippen LogP contribution in [0.15, 0.2) is 54.4 Å². The minimum absolute atomic E-state index is 0.0574. The molecule has 4 rings (SSSR count). The normalized spacial score (nSPS) is 17.2. The topological polar surface area (TPSA) is 68.1 Å². The number of ketones is 1. The molecule has 2 aromatic heterocycles. The van der Waals surface area contributed by atoms with E-state index in [1.54, 1.807) is 22.1 Å². The number of carbonyl (C=O) groups excluding carboxylic acids is 2. The Bertz CT molecular complexity index is 906. The first-order valence-corrected chi connectivity index (χ1v) is 9.43. The van der Waals surface area contributed by atoms with Gasteiger partial charge in [0.05, 0.1) is 16.1 Å². The van der Waals surface area contributed by atoms with Gasteiger partial charge in [-0.25, -0.2) is 0 Å². The third-order valence-electron chi connectivity index (χ3n) is 4.67. The zero-order valence-electron chi connectivity index (χ0n) is 14.1. The summed E-state index contributed by atoms with van der Waals surface area (Å²) in [4.78, 5) is 28.4. The SMILES string of the molecule is O=C(c1cccs1)C1CCCN(C(=O)c2ccccc2-n2cnnc2)C1. The molecule has 1 aliphatic rings. The lowest BCUT2D eigenvalue weighted by atomic mass is 9.92. The van der Waals surface area contributed by atoms with Crippen LogP contribution in [0.25, 0.3) is 5.69 Å². The van der Waals surface area contributed by atoms with E-state index in [2.05, 4.69) is 10.2 Å². The fraction of sp³-hybridized carbons (Fsp3) is 0.263. The quantitative estimate of drug-likeness (QED) is 0.666. The number of rotatable bonds is 4. The van der Waals surface area contributed by atoms with E-state index in [9.17, 15) is 9.59 Å². The van der Waals surface area contributed by atoms with Crippen molar-refractivity contribution in [2.24, 2.45) is 5.92 Å². The number of piperidine rings is 1.